The third-order valence-electron chi connectivity index (χ3n) is 5.11. The van der Waals surface area contributed by atoms with E-state index in [0.29, 0.717) is 5.95 Å². The molecule has 0 spiro atoms. The first-order valence-electron chi connectivity index (χ1n) is 10.4. The number of hydrogen-bond acceptors (Lipinski definition) is 6. The van der Waals surface area contributed by atoms with Gasteiger partial charge in [-0.3, -0.25) is 4.90 Å². The Morgan fingerprint density at radius 2 is 1.94 bits per heavy atom. The minimum atomic E-state index is -0.267. The Morgan fingerprint density at radius 1 is 1.13 bits per heavy atom. The van der Waals surface area contributed by atoms with Crippen LogP contribution in [0.25, 0.3) is 0 Å². The van der Waals surface area contributed by atoms with Gasteiger partial charge in [0.05, 0.1) is 18.9 Å². The van der Waals surface area contributed by atoms with Gasteiger partial charge in [0.15, 0.2) is 11.5 Å². The van der Waals surface area contributed by atoms with Crippen LogP contribution in [0.2, 0.25) is 0 Å². The first kappa shape index (κ1) is 21.1. The molecule has 0 unspecified atom stereocenters. The summed E-state index contributed by atoms with van der Waals surface area (Å²) in [6.45, 7) is 6.51. The molecule has 0 fully saturated rings. The minimum Gasteiger partial charge on any atom is -0.493 e. The summed E-state index contributed by atoms with van der Waals surface area (Å²) in [6.07, 6.45) is 2.82. The molecule has 0 radical (unpaired) electrons. The lowest BCUT2D eigenvalue weighted by molar-refractivity contribution is 0.228. The molecular weight excluding hydrogens is 395 g/mol. The van der Waals surface area contributed by atoms with Crippen molar-refractivity contribution in [3.05, 3.63) is 71.3 Å². The Morgan fingerprint density at radius 3 is 2.68 bits per heavy atom. The molecule has 3 aromatic rings. The van der Waals surface area contributed by atoms with E-state index in [1.807, 2.05) is 32.2 Å². The van der Waals surface area contributed by atoms with E-state index >= 15 is 0 Å². The number of ether oxygens (including phenoxy) is 2. The van der Waals surface area contributed by atoms with Gasteiger partial charge in [-0.25, -0.2) is 14.4 Å². The first-order valence-corrected chi connectivity index (χ1v) is 10.4. The van der Waals surface area contributed by atoms with Crippen molar-refractivity contribution in [2.24, 2.45) is 0 Å². The number of methoxy groups -OCH3 is 1. The van der Waals surface area contributed by atoms with Crippen LogP contribution in [0.4, 0.5) is 16.0 Å². The molecular formula is C24H27FN4O2. The van der Waals surface area contributed by atoms with Crippen molar-refractivity contribution in [1.82, 2.24) is 14.9 Å². The van der Waals surface area contributed by atoms with Crippen LogP contribution >= 0.6 is 0 Å². The average Bonchev–Trinajstić information content (AvgIpc) is 2.76. The maximum Gasteiger partial charge on any atom is 0.227 e. The summed E-state index contributed by atoms with van der Waals surface area (Å²) in [4.78, 5) is 11.5. The lowest BCUT2D eigenvalue weighted by Gasteiger charge is -2.28. The largest absolute Gasteiger partial charge is 0.493 e. The van der Waals surface area contributed by atoms with Crippen LogP contribution in [0.5, 0.6) is 11.5 Å². The van der Waals surface area contributed by atoms with Crippen molar-refractivity contribution in [1.29, 1.82) is 0 Å². The number of nitrogens with one attached hydrogen (secondary N) is 1. The third kappa shape index (κ3) is 5.30. The second-order valence-corrected chi connectivity index (χ2v) is 7.91. The van der Waals surface area contributed by atoms with Crippen LogP contribution in [0, 0.1) is 5.82 Å². The van der Waals surface area contributed by atoms with Gasteiger partial charge in [-0.15, -0.1) is 0 Å². The van der Waals surface area contributed by atoms with E-state index in [2.05, 4.69) is 26.3 Å². The fourth-order valence-corrected chi connectivity index (χ4v) is 3.65. The molecule has 0 aliphatic carbocycles. The molecule has 0 atom stereocenters. The molecule has 1 aliphatic heterocycles. The lowest BCUT2D eigenvalue weighted by atomic mass is 10.1. The van der Waals surface area contributed by atoms with Crippen LogP contribution in [0.15, 0.2) is 48.7 Å². The second-order valence-electron chi connectivity index (χ2n) is 7.91. The van der Waals surface area contributed by atoms with Crippen molar-refractivity contribution in [3.63, 3.8) is 0 Å². The molecule has 31 heavy (non-hydrogen) atoms. The standard InChI is InChI=1S/C24H27FN4O2/c1-16(2)31-22-9-4-17(12-23(22)30-3)14-29-11-10-21-18(15-29)13-26-24(28-21)27-20-7-5-19(25)6-8-20/h4-9,12-13,16H,10-11,14-15H2,1-3H3,(H,26,27,28). The van der Waals surface area contributed by atoms with Crippen LogP contribution in [-0.2, 0) is 19.5 Å². The van der Waals surface area contributed by atoms with E-state index in [1.54, 1.807) is 19.2 Å². The number of fused-ring (bicyclic) bond motifs is 1. The maximum absolute atomic E-state index is 13.1. The van der Waals surface area contributed by atoms with Crippen LogP contribution in [0.3, 0.4) is 0 Å². The monoisotopic (exact) mass is 422 g/mol. The summed E-state index contributed by atoms with van der Waals surface area (Å²) < 4.78 is 24.4. The molecule has 0 saturated heterocycles. The first-order chi connectivity index (χ1) is 15.0. The summed E-state index contributed by atoms with van der Waals surface area (Å²) in [5.74, 6) is 1.78. The molecule has 1 aromatic heterocycles. The Bertz CT molecular complexity index is 1040. The highest BCUT2D eigenvalue weighted by Crippen LogP contribution is 2.30. The summed E-state index contributed by atoms with van der Waals surface area (Å²) in [6, 6.07) is 12.3. The van der Waals surface area contributed by atoms with Crippen molar-refractivity contribution < 1.29 is 13.9 Å². The minimum absolute atomic E-state index is 0.0979. The summed E-state index contributed by atoms with van der Waals surface area (Å²) in [7, 11) is 1.67. The van der Waals surface area contributed by atoms with Crippen LogP contribution in [0.1, 0.15) is 30.7 Å². The number of benzene rings is 2. The smallest absolute Gasteiger partial charge is 0.227 e. The number of aromatic nitrogens is 2. The molecule has 1 aliphatic rings. The molecule has 2 aromatic carbocycles. The molecule has 7 heteroatoms. The van der Waals surface area contributed by atoms with Gasteiger partial charge >= 0.3 is 0 Å². The SMILES string of the molecule is COc1cc(CN2CCc3nc(Nc4ccc(F)cc4)ncc3C2)ccc1OC(C)C. The van der Waals surface area contributed by atoms with Gasteiger partial charge < -0.3 is 14.8 Å². The highest BCUT2D eigenvalue weighted by molar-refractivity contribution is 5.53. The van der Waals surface area contributed by atoms with Crippen molar-refractivity contribution >= 4 is 11.6 Å². The summed E-state index contributed by atoms with van der Waals surface area (Å²) >= 11 is 0. The van der Waals surface area contributed by atoms with Crippen LogP contribution < -0.4 is 14.8 Å². The van der Waals surface area contributed by atoms with E-state index in [-0.39, 0.29) is 11.9 Å². The Balaban J connectivity index is 1.41. The average molecular weight is 423 g/mol. The van der Waals surface area contributed by atoms with Crippen molar-refractivity contribution in [2.75, 3.05) is 19.0 Å². The van der Waals surface area contributed by atoms with E-state index < -0.39 is 0 Å². The van der Waals surface area contributed by atoms with E-state index in [9.17, 15) is 4.39 Å². The highest BCUT2D eigenvalue weighted by atomic mass is 19.1. The number of nitrogens with zero attached hydrogens (tertiary/aromatic N) is 3. The van der Waals surface area contributed by atoms with Gasteiger partial charge in [-0.1, -0.05) is 6.07 Å². The number of hydrogen-bond donors (Lipinski definition) is 1. The molecule has 1 N–H and O–H groups in total. The van der Waals surface area contributed by atoms with Crippen molar-refractivity contribution in [2.45, 2.75) is 39.5 Å². The third-order valence-corrected chi connectivity index (χ3v) is 5.11. The highest BCUT2D eigenvalue weighted by Gasteiger charge is 2.19. The van der Waals surface area contributed by atoms with Crippen molar-refractivity contribution in [3.8, 4) is 11.5 Å². The zero-order valence-corrected chi connectivity index (χ0v) is 18.1. The molecule has 162 valence electrons. The zero-order chi connectivity index (χ0) is 21.8. The van der Waals surface area contributed by atoms with Crippen LogP contribution in [-0.4, -0.2) is 34.6 Å². The molecule has 4 rings (SSSR count). The predicted octanol–water partition coefficient (Wildman–Crippen LogP) is 4.71. The summed E-state index contributed by atoms with van der Waals surface area (Å²) in [5, 5.41) is 3.14. The van der Waals surface area contributed by atoms with Gasteiger partial charge in [-0.2, -0.15) is 0 Å². The van der Waals surface area contributed by atoms with Gasteiger partial charge in [0.25, 0.3) is 0 Å². The maximum atomic E-state index is 13.1. The molecule has 0 amide bonds. The van der Waals surface area contributed by atoms with E-state index in [1.165, 1.54) is 17.7 Å². The molecule has 2 heterocycles. The van der Waals surface area contributed by atoms with E-state index in [0.717, 1.165) is 54.5 Å². The summed E-state index contributed by atoms with van der Waals surface area (Å²) in [5.41, 5.74) is 4.11. The zero-order valence-electron chi connectivity index (χ0n) is 18.1. The fraction of sp³-hybridized carbons (Fsp3) is 0.333. The lowest BCUT2D eigenvalue weighted by Crippen LogP contribution is -2.31. The van der Waals surface area contributed by atoms with Gasteiger partial charge in [0.1, 0.15) is 5.82 Å². The predicted molar refractivity (Wildman–Crippen MR) is 118 cm³/mol. The molecule has 0 bridgehead atoms. The van der Waals surface area contributed by atoms with Gasteiger partial charge in [0, 0.05) is 43.5 Å². The molecule has 6 nitrogen and oxygen atoms in total. The second kappa shape index (κ2) is 9.31. The Kier molecular flexibility index (Phi) is 6.32. The number of halogens is 1. The van der Waals surface area contributed by atoms with E-state index in [4.69, 9.17) is 9.47 Å². The normalized spacial score (nSPS) is 13.7. The Labute approximate surface area is 182 Å². The van der Waals surface area contributed by atoms with Gasteiger partial charge in [-0.05, 0) is 55.8 Å². The Hall–Kier alpha value is -3.19. The topological polar surface area (TPSA) is 59.5 Å². The fourth-order valence-electron chi connectivity index (χ4n) is 3.65. The quantitative estimate of drug-likeness (QED) is 0.595. The number of anilines is 2. The van der Waals surface area contributed by atoms with Gasteiger partial charge in [0.2, 0.25) is 5.95 Å². The molecule has 0 saturated carbocycles. The number of rotatable bonds is 7.